The first kappa shape index (κ1) is 22.3. The van der Waals surface area contributed by atoms with Gasteiger partial charge in [0, 0.05) is 23.5 Å². The van der Waals surface area contributed by atoms with E-state index < -0.39 is 12.1 Å². The lowest BCUT2D eigenvalue weighted by Crippen LogP contribution is -2.49. The summed E-state index contributed by atoms with van der Waals surface area (Å²) in [6, 6.07) is 11.3. The second kappa shape index (κ2) is 8.69. The molecule has 1 heterocycles. The van der Waals surface area contributed by atoms with Gasteiger partial charge in [0.1, 0.15) is 5.75 Å². The average Bonchev–Trinajstić information content (AvgIpc) is 2.93. The molecule has 2 N–H and O–H groups in total. The maximum atomic E-state index is 11.7. The van der Waals surface area contributed by atoms with Gasteiger partial charge in [-0.15, -0.1) is 6.58 Å². The zero-order chi connectivity index (χ0) is 23.2. The predicted octanol–water partition coefficient (Wildman–Crippen LogP) is 5.08. The fourth-order valence-electron chi connectivity index (χ4n) is 5.98. The number of aromatic carboxylic acids is 1. The van der Waals surface area contributed by atoms with Crippen LogP contribution in [0.1, 0.15) is 47.2 Å². The third kappa shape index (κ3) is 4.02. The predicted molar refractivity (Wildman–Crippen MR) is 130 cm³/mol. The van der Waals surface area contributed by atoms with Gasteiger partial charge in [-0.1, -0.05) is 23.7 Å². The van der Waals surface area contributed by atoms with E-state index in [2.05, 4.69) is 23.6 Å². The number of aliphatic hydroxyl groups excluding tert-OH is 1. The van der Waals surface area contributed by atoms with Crippen LogP contribution < -0.4 is 9.64 Å². The van der Waals surface area contributed by atoms with E-state index in [9.17, 15) is 15.0 Å². The molecule has 0 amide bonds. The number of fused-ring (bicyclic) bond motifs is 3. The van der Waals surface area contributed by atoms with Crippen molar-refractivity contribution in [3.8, 4) is 5.75 Å². The minimum absolute atomic E-state index is 0.186. The molecular weight excluding hydrogens is 438 g/mol. The van der Waals surface area contributed by atoms with E-state index in [1.807, 2.05) is 6.07 Å². The molecule has 33 heavy (non-hydrogen) atoms. The molecule has 2 unspecified atom stereocenters. The number of halogens is 1. The molecule has 3 aliphatic rings. The van der Waals surface area contributed by atoms with E-state index >= 15 is 0 Å². The van der Waals surface area contributed by atoms with Crippen LogP contribution in [0.2, 0.25) is 5.02 Å². The number of benzene rings is 2. The zero-order valence-corrected chi connectivity index (χ0v) is 19.4. The van der Waals surface area contributed by atoms with Crippen molar-refractivity contribution < 1.29 is 19.7 Å². The molecule has 2 aromatic rings. The maximum absolute atomic E-state index is 11.7. The van der Waals surface area contributed by atoms with Crippen LogP contribution in [-0.2, 0) is 11.8 Å². The zero-order valence-electron chi connectivity index (χ0n) is 18.7. The number of aryl methyl sites for hydroxylation is 1. The Morgan fingerprint density at radius 3 is 2.88 bits per heavy atom. The average molecular weight is 468 g/mol. The molecule has 1 aliphatic heterocycles. The Hall–Kier alpha value is -2.50. The molecule has 1 fully saturated rings. The summed E-state index contributed by atoms with van der Waals surface area (Å²) in [5.41, 5.74) is 3.44. The smallest absolute Gasteiger partial charge is 0.335 e. The maximum Gasteiger partial charge on any atom is 0.335 e. The second-order valence-corrected chi connectivity index (χ2v) is 10.3. The number of carbonyl (C=O) groups is 1. The number of hydrogen-bond acceptors (Lipinski definition) is 4. The summed E-state index contributed by atoms with van der Waals surface area (Å²) in [7, 11) is 0. The highest BCUT2D eigenvalue weighted by atomic mass is 35.5. The highest BCUT2D eigenvalue weighted by Gasteiger charge is 2.44. The summed E-state index contributed by atoms with van der Waals surface area (Å²) in [6.45, 7) is 5.80. The van der Waals surface area contributed by atoms with Crippen LogP contribution >= 0.6 is 11.6 Å². The number of hydrogen-bond donors (Lipinski definition) is 2. The monoisotopic (exact) mass is 467 g/mol. The third-order valence-corrected chi connectivity index (χ3v) is 8.13. The van der Waals surface area contributed by atoms with Crippen molar-refractivity contribution in [3.05, 3.63) is 70.8 Å². The number of rotatable bonds is 5. The van der Waals surface area contributed by atoms with Crippen molar-refractivity contribution in [2.24, 2.45) is 11.8 Å². The van der Waals surface area contributed by atoms with Crippen LogP contribution in [0.25, 0.3) is 0 Å². The fraction of sp³-hybridized carbons (Fsp3) is 0.444. The van der Waals surface area contributed by atoms with Crippen LogP contribution in [0.4, 0.5) is 5.69 Å². The van der Waals surface area contributed by atoms with Gasteiger partial charge in [-0.25, -0.2) is 4.79 Å². The number of carboxylic acid groups (broad SMARTS) is 1. The Balaban J connectivity index is 1.55. The minimum Gasteiger partial charge on any atom is -0.490 e. The summed E-state index contributed by atoms with van der Waals surface area (Å²) in [5, 5.41) is 20.8. The number of nitrogens with zero attached hydrogens (tertiary/aromatic N) is 1. The van der Waals surface area contributed by atoms with Gasteiger partial charge in [0.25, 0.3) is 0 Å². The van der Waals surface area contributed by atoms with E-state index in [4.69, 9.17) is 16.3 Å². The van der Waals surface area contributed by atoms with Gasteiger partial charge in [-0.3, -0.25) is 0 Å². The first-order chi connectivity index (χ1) is 15.9. The van der Waals surface area contributed by atoms with Crippen LogP contribution in [0.5, 0.6) is 5.75 Å². The normalized spacial score (nSPS) is 26.9. The lowest BCUT2D eigenvalue weighted by Gasteiger charge is -2.45. The molecule has 1 spiro atoms. The summed E-state index contributed by atoms with van der Waals surface area (Å²) in [6.07, 6.45) is 6.20. The van der Waals surface area contributed by atoms with Crippen molar-refractivity contribution in [1.82, 2.24) is 0 Å². The first-order valence-electron chi connectivity index (χ1n) is 11.7. The third-order valence-electron chi connectivity index (χ3n) is 7.90. The molecule has 6 heteroatoms. The molecule has 0 saturated heterocycles. The van der Waals surface area contributed by atoms with E-state index in [-0.39, 0.29) is 16.9 Å². The van der Waals surface area contributed by atoms with Crippen LogP contribution in [0.3, 0.4) is 0 Å². The van der Waals surface area contributed by atoms with E-state index in [1.165, 1.54) is 11.1 Å². The topological polar surface area (TPSA) is 70.0 Å². The molecule has 1 saturated carbocycles. The quantitative estimate of drug-likeness (QED) is 0.600. The molecule has 4 atom stereocenters. The van der Waals surface area contributed by atoms with Gasteiger partial charge >= 0.3 is 5.97 Å². The molecule has 174 valence electrons. The second-order valence-electron chi connectivity index (χ2n) is 9.82. The lowest BCUT2D eigenvalue weighted by molar-refractivity contribution is 0.0460. The summed E-state index contributed by atoms with van der Waals surface area (Å²) in [5.74, 6) is 0.282. The summed E-state index contributed by atoms with van der Waals surface area (Å²) in [4.78, 5) is 14.0. The number of carboxylic acids is 1. The Labute approximate surface area is 199 Å². The van der Waals surface area contributed by atoms with Gasteiger partial charge in [-0.2, -0.15) is 0 Å². The van der Waals surface area contributed by atoms with Crippen LogP contribution in [0, 0.1) is 11.8 Å². The first-order valence-corrected chi connectivity index (χ1v) is 12.1. The Kier molecular flexibility index (Phi) is 5.87. The summed E-state index contributed by atoms with van der Waals surface area (Å²) < 4.78 is 6.39. The number of ether oxygens (including phenoxy) is 1. The molecule has 0 bridgehead atoms. The van der Waals surface area contributed by atoms with Gasteiger partial charge in [0.15, 0.2) is 0 Å². The highest BCUT2D eigenvalue weighted by molar-refractivity contribution is 6.30. The van der Waals surface area contributed by atoms with Crippen molar-refractivity contribution >= 4 is 23.3 Å². The number of aliphatic hydroxyl groups is 1. The van der Waals surface area contributed by atoms with Gasteiger partial charge in [0.2, 0.25) is 0 Å². The van der Waals surface area contributed by atoms with Gasteiger partial charge in [-0.05, 0) is 85.4 Å². The van der Waals surface area contributed by atoms with E-state index in [0.717, 1.165) is 61.7 Å². The van der Waals surface area contributed by atoms with Crippen LogP contribution in [0.15, 0.2) is 49.1 Å². The SMILES string of the molecule is C=CC(O)[C@@H]1CC[C@H]1CN1CC2(CCCc3cc(Cl)ccc32)COc2ccc(C(=O)O)cc21. The highest BCUT2D eigenvalue weighted by Crippen LogP contribution is 2.46. The van der Waals surface area contributed by atoms with Gasteiger partial charge < -0.3 is 19.8 Å². The lowest BCUT2D eigenvalue weighted by atomic mass is 9.68. The summed E-state index contributed by atoms with van der Waals surface area (Å²) >= 11 is 6.31. The molecule has 5 nitrogen and oxygen atoms in total. The largest absolute Gasteiger partial charge is 0.490 e. The molecule has 2 aliphatic carbocycles. The van der Waals surface area contributed by atoms with Crippen LogP contribution in [-0.4, -0.2) is 42.0 Å². The van der Waals surface area contributed by atoms with Crippen molar-refractivity contribution in [2.75, 3.05) is 24.6 Å². The molecular formula is C27H30ClNO4. The molecule has 0 aromatic heterocycles. The molecule has 0 radical (unpaired) electrons. The van der Waals surface area contributed by atoms with E-state index in [1.54, 1.807) is 24.3 Å². The standard InChI is InChI=1S/C27H30ClNO4/c1-2-24(30)21-8-5-19(21)14-29-15-27(11-3-4-17-12-20(28)7-9-22(17)27)16-33-25-10-6-18(26(31)32)13-23(25)29/h2,6-7,9-10,12-13,19,21,24,30H,1,3-5,8,11,14-16H2,(H,31,32)/t19-,21+,24?,27?/m0/s1. The molecule has 5 rings (SSSR count). The Morgan fingerprint density at radius 1 is 1.30 bits per heavy atom. The van der Waals surface area contributed by atoms with Gasteiger partial charge in [0.05, 0.1) is 24.0 Å². The molecule has 2 aromatic carbocycles. The number of anilines is 1. The van der Waals surface area contributed by atoms with Crippen molar-refractivity contribution in [3.63, 3.8) is 0 Å². The fourth-order valence-corrected chi connectivity index (χ4v) is 6.17. The van der Waals surface area contributed by atoms with E-state index in [0.29, 0.717) is 12.5 Å². The van der Waals surface area contributed by atoms with Crippen molar-refractivity contribution in [2.45, 2.75) is 43.6 Å². The minimum atomic E-state index is -0.946. The Morgan fingerprint density at radius 2 is 2.15 bits per heavy atom. The van der Waals surface area contributed by atoms with Crippen molar-refractivity contribution in [1.29, 1.82) is 0 Å². The Bertz CT molecular complexity index is 1090.